The van der Waals surface area contributed by atoms with Crippen LogP contribution in [-0.4, -0.2) is 18.5 Å². The molecule has 0 spiro atoms. The SMILES string of the molecule is CCc1ccc([C@H](C)NC(=O)COC(=O)c2cc(=O)c3cc(Cl)ccc3o2)cc1. The summed E-state index contributed by atoms with van der Waals surface area (Å²) >= 11 is 5.86. The zero-order valence-electron chi connectivity index (χ0n) is 16.0. The first-order valence-electron chi connectivity index (χ1n) is 9.16. The smallest absolute Gasteiger partial charge is 0.374 e. The van der Waals surface area contributed by atoms with Crippen LogP contribution < -0.4 is 10.7 Å². The van der Waals surface area contributed by atoms with Crippen LogP contribution in [0.15, 0.2) is 57.7 Å². The number of ether oxygens (including phenoxy) is 1. The Kier molecular flexibility index (Phi) is 6.34. The topological polar surface area (TPSA) is 85.6 Å². The summed E-state index contributed by atoms with van der Waals surface area (Å²) in [6.07, 6.45) is 0.939. The second kappa shape index (κ2) is 8.92. The van der Waals surface area contributed by atoms with Gasteiger partial charge in [-0.3, -0.25) is 9.59 Å². The summed E-state index contributed by atoms with van der Waals surface area (Å²) in [6.45, 7) is 3.42. The first-order valence-corrected chi connectivity index (χ1v) is 9.54. The van der Waals surface area contributed by atoms with Gasteiger partial charge in [-0.2, -0.15) is 0 Å². The lowest BCUT2D eigenvalue weighted by Crippen LogP contribution is -2.31. The fourth-order valence-electron chi connectivity index (χ4n) is 2.84. The lowest BCUT2D eigenvalue weighted by Gasteiger charge is -2.14. The monoisotopic (exact) mass is 413 g/mol. The van der Waals surface area contributed by atoms with Crippen molar-refractivity contribution in [2.75, 3.05) is 6.61 Å². The number of hydrogen-bond acceptors (Lipinski definition) is 5. The molecule has 0 saturated carbocycles. The van der Waals surface area contributed by atoms with E-state index in [0.29, 0.717) is 5.02 Å². The lowest BCUT2D eigenvalue weighted by molar-refractivity contribution is -0.124. The Balaban J connectivity index is 1.61. The highest BCUT2D eigenvalue weighted by Gasteiger charge is 2.17. The minimum absolute atomic E-state index is 0.211. The second-order valence-corrected chi connectivity index (χ2v) is 7.01. The van der Waals surface area contributed by atoms with Crippen LogP contribution in [0.5, 0.6) is 0 Å². The molecule has 29 heavy (non-hydrogen) atoms. The van der Waals surface area contributed by atoms with Gasteiger partial charge in [-0.15, -0.1) is 0 Å². The molecule has 7 heteroatoms. The standard InChI is InChI=1S/C22H20ClNO5/c1-3-14-4-6-15(7-5-14)13(2)24-21(26)12-28-22(27)20-11-18(25)17-10-16(23)8-9-19(17)29-20/h4-11,13H,3,12H2,1-2H3,(H,24,26)/t13-/m0/s1. The van der Waals surface area contributed by atoms with Gasteiger partial charge in [0.1, 0.15) is 5.58 Å². The maximum atomic E-state index is 12.2. The van der Waals surface area contributed by atoms with E-state index < -0.39 is 23.9 Å². The number of nitrogens with one attached hydrogen (secondary N) is 1. The Morgan fingerprint density at radius 2 is 1.86 bits per heavy atom. The van der Waals surface area contributed by atoms with E-state index in [1.165, 1.54) is 17.7 Å². The third kappa shape index (κ3) is 5.03. The molecule has 0 aliphatic rings. The van der Waals surface area contributed by atoms with E-state index in [1.807, 2.05) is 31.2 Å². The number of halogens is 1. The molecular weight excluding hydrogens is 394 g/mol. The van der Waals surface area contributed by atoms with Crippen LogP contribution in [-0.2, 0) is 16.0 Å². The van der Waals surface area contributed by atoms with Crippen molar-refractivity contribution in [3.05, 3.63) is 80.7 Å². The van der Waals surface area contributed by atoms with Gasteiger partial charge in [0, 0.05) is 11.1 Å². The van der Waals surface area contributed by atoms with Crippen LogP contribution in [0, 0.1) is 0 Å². The molecule has 0 radical (unpaired) electrons. The van der Waals surface area contributed by atoms with E-state index in [4.69, 9.17) is 20.8 Å². The fraction of sp³-hybridized carbons (Fsp3) is 0.227. The molecule has 1 aromatic heterocycles. The van der Waals surface area contributed by atoms with Gasteiger partial charge in [-0.1, -0.05) is 42.8 Å². The van der Waals surface area contributed by atoms with Gasteiger partial charge in [0.05, 0.1) is 11.4 Å². The van der Waals surface area contributed by atoms with Crippen LogP contribution in [0.2, 0.25) is 5.02 Å². The van der Waals surface area contributed by atoms with Gasteiger partial charge in [0.25, 0.3) is 5.91 Å². The minimum atomic E-state index is -0.894. The van der Waals surface area contributed by atoms with E-state index >= 15 is 0 Å². The number of amides is 1. The van der Waals surface area contributed by atoms with Crippen LogP contribution in [0.1, 0.15) is 41.6 Å². The lowest BCUT2D eigenvalue weighted by atomic mass is 10.1. The van der Waals surface area contributed by atoms with Crippen molar-refractivity contribution in [1.82, 2.24) is 5.32 Å². The number of carbonyl (C=O) groups is 2. The van der Waals surface area contributed by atoms with Crippen molar-refractivity contribution in [1.29, 1.82) is 0 Å². The number of aryl methyl sites for hydroxylation is 1. The van der Waals surface area contributed by atoms with Crippen molar-refractivity contribution in [3.63, 3.8) is 0 Å². The van der Waals surface area contributed by atoms with E-state index in [1.54, 1.807) is 6.07 Å². The first kappa shape index (κ1) is 20.6. The molecule has 1 N–H and O–H groups in total. The summed E-state index contributed by atoms with van der Waals surface area (Å²) in [5.41, 5.74) is 1.94. The minimum Gasteiger partial charge on any atom is -0.450 e. The van der Waals surface area contributed by atoms with E-state index in [2.05, 4.69) is 12.2 Å². The Labute approximate surface area is 172 Å². The summed E-state index contributed by atoms with van der Waals surface area (Å²) in [6, 6.07) is 13.2. The average Bonchev–Trinajstić information content (AvgIpc) is 2.72. The van der Waals surface area contributed by atoms with Crippen molar-refractivity contribution in [3.8, 4) is 0 Å². The molecule has 1 heterocycles. The van der Waals surface area contributed by atoms with E-state index in [0.717, 1.165) is 18.1 Å². The predicted octanol–water partition coefficient (Wildman–Crippen LogP) is 4.04. The molecule has 3 aromatic rings. The summed E-state index contributed by atoms with van der Waals surface area (Å²) in [4.78, 5) is 36.4. The third-order valence-electron chi connectivity index (χ3n) is 4.49. The molecule has 0 aliphatic heterocycles. The zero-order chi connectivity index (χ0) is 21.0. The second-order valence-electron chi connectivity index (χ2n) is 6.58. The number of carbonyl (C=O) groups excluding carboxylic acids is 2. The molecule has 1 amide bonds. The highest BCUT2D eigenvalue weighted by atomic mass is 35.5. The average molecular weight is 414 g/mol. The number of esters is 1. The summed E-state index contributed by atoms with van der Waals surface area (Å²) in [5.74, 6) is -1.63. The molecular formula is C22H20ClNO5. The zero-order valence-corrected chi connectivity index (χ0v) is 16.8. The highest BCUT2D eigenvalue weighted by Crippen LogP contribution is 2.18. The molecule has 0 saturated heterocycles. The molecule has 3 rings (SSSR count). The van der Waals surface area contributed by atoms with Crippen LogP contribution in [0.4, 0.5) is 0 Å². The van der Waals surface area contributed by atoms with Crippen LogP contribution in [0.3, 0.4) is 0 Å². The van der Waals surface area contributed by atoms with Crippen LogP contribution in [0.25, 0.3) is 11.0 Å². The first-order chi connectivity index (χ1) is 13.9. The van der Waals surface area contributed by atoms with Crippen molar-refractivity contribution < 1.29 is 18.7 Å². The fourth-order valence-corrected chi connectivity index (χ4v) is 3.01. The summed E-state index contributed by atoms with van der Waals surface area (Å²) in [5, 5.41) is 3.41. The van der Waals surface area contributed by atoms with Gasteiger partial charge in [0.15, 0.2) is 12.0 Å². The summed E-state index contributed by atoms with van der Waals surface area (Å²) in [7, 11) is 0. The molecule has 1 atom stereocenters. The number of fused-ring (bicyclic) bond motifs is 1. The predicted molar refractivity (Wildman–Crippen MR) is 110 cm³/mol. The van der Waals surface area contributed by atoms with Gasteiger partial charge in [-0.25, -0.2) is 4.79 Å². The summed E-state index contributed by atoms with van der Waals surface area (Å²) < 4.78 is 10.4. The normalized spacial score (nSPS) is 11.8. The largest absolute Gasteiger partial charge is 0.450 e. The molecule has 0 unspecified atom stereocenters. The van der Waals surface area contributed by atoms with Gasteiger partial charge in [0.2, 0.25) is 5.76 Å². The van der Waals surface area contributed by atoms with E-state index in [9.17, 15) is 14.4 Å². The van der Waals surface area contributed by atoms with Crippen molar-refractivity contribution in [2.45, 2.75) is 26.3 Å². The van der Waals surface area contributed by atoms with Crippen molar-refractivity contribution >= 4 is 34.4 Å². The Bertz CT molecular complexity index is 1100. The molecule has 6 nitrogen and oxygen atoms in total. The molecule has 0 bridgehead atoms. The molecule has 0 aliphatic carbocycles. The van der Waals surface area contributed by atoms with Crippen molar-refractivity contribution in [2.24, 2.45) is 0 Å². The molecule has 2 aromatic carbocycles. The molecule has 150 valence electrons. The van der Waals surface area contributed by atoms with Gasteiger partial charge < -0.3 is 14.5 Å². The van der Waals surface area contributed by atoms with Crippen LogP contribution >= 0.6 is 11.6 Å². The highest BCUT2D eigenvalue weighted by molar-refractivity contribution is 6.31. The van der Waals surface area contributed by atoms with E-state index in [-0.39, 0.29) is 22.8 Å². The number of hydrogen-bond donors (Lipinski definition) is 1. The Hall–Kier alpha value is -3.12. The Morgan fingerprint density at radius 3 is 2.55 bits per heavy atom. The third-order valence-corrected chi connectivity index (χ3v) is 4.73. The Morgan fingerprint density at radius 1 is 1.14 bits per heavy atom. The number of rotatable bonds is 6. The number of benzene rings is 2. The van der Waals surface area contributed by atoms with Gasteiger partial charge in [-0.05, 0) is 42.7 Å². The quantitative estimate of drug-likeness (QED) is 0.616. The maximum Gasteiger partial charge on any atom is 0.374 e. The molecule has 0 fully saturated rings. The van der Waals surface area contributed by atoms with Gasteiger partial charge >= 0.3 is 5.97 Å². The maximum absolute atomic E-state index is 12.2.